The summed E-state index contributed by atoms with van der Waals surface area (Å²) >= 11 is 0. The van der Waals surface area contributed by atoms with E-state index in [1.54, 1.807) is 0 Å². The van der Waals surface area contributed by atoms with E-state index in [0.717, 1.165) is 33.1 Å². The molecule has 0 fully saturated rings. The number of nitrogens with two attached hydrogens (primary N) is 1. The molecule has 0 unspecified atom stereocenters. The minimum Gasteiger partial charge on any atom is -0.382 e. The number of H-pyrrole nitrogens is 1. The second kappa shape index (κ2) is 4.06. The van der Waals surface area contributed by atoms with Crippen LogP contribution in [0.15, 0.2) is 54.6 Å². The molecule has 96 valence electrons. The summed E-state index contributed by atoms with van der Waals surface area (Å²) in [5, 5.41) is 9.42. The second-order valence-corrected chi connectivity index (χ2v) is 4.72. The lowest BCUT2D eigenvalue weighted by Gasteiger charge is -2.05. The molecule has 3 N–H and O–H groups in total. The number of anilines is 1. The van der Waals surface area contributed by atoms with Crippen LogP contribution in [0.5, 0.6) is 0 Å². The molecule has 0 aliphatic heterocycles. The second-order valence-electron chi connectivity index (χ2n) is 4.72. The molecule has 2 aromatic carbocycles. The normalized spacial score (nSPS) is 11.2. The van der Waals surface area contributed by atoms with Gasteiger partial charge in [0.25, 0.3) is 0 Å². The van der Waals surface area contributed by atoms with E-state index in [9.17, 15) is 0 Å². The molecule has 0 bridgehead atoms. The molecular formula is C16H12N4. The molecule has 0 aliphatic rings. The van der Waals surface area contributed by atoms with Crippen LogP contribution in [0.25, 0.3) is 33.1 Å². The SMILES string of the molecule is Nc1nnc2c([nH]c3ccccc32)c1-c1ccccc1. The summed E-state index contributed by atoms with van der Waals surface area (Å²) in [6.45, 7) is 0. The zero-order valence-electron chi connectivity index (χ0n) is 10.7. The quantitative estimate of drug-likeness (QED) is 0.551. The Bertz CT molecular complexity index is 910. The van der Waals surface area contributed by atoms with Crippen LogP contribution >= 0.6 is 0 Å². The Labute approximate surface area is 115 Å². The Kier molecular flexibility index (Phi) is 2.23. The number of aromatic nitrogens is 3. The fraction of sp³-hybridized carbons (Fsp3) is 0. The maximum absolute atomic E-state index is 6.05. The Balaban J connectivity index is 2.17. The van der Waals surface area contributed by atoms with E-state index in [0.29, 0.717) is 5.82 Å². The molecule has 4 rings (SSSR count). The highest BCUT2D eigenvalue weighted by atomic mass is 15.1. The van der Waals surface area contributed by atoms with Gasteiger partial charge >= 0.3 is 0 Å². The van der Waals surface area contributed by atoms with Crippen molar-refractivity contribution in [1.82, 2.24) is 15.2 Å². The van der Waals surface area contributed by atoms with E-state index in [1.807, 2.05) is 54.6 Å². The van der Waals surface area contributed by atoms with Crippen LogP contribution in [0.2, 0.25) is 0 Å². The van der Waals surface area contributed by atoms with Gasteiger partial charge in [0.15, 0.2) is 5.82 Å². The number of nitrogen functional groups attached to an aromatic ring is 1. The summed E-state index contributed by atoms with van der Waals surface area (Å²) in [5.74, 6) is 0.440. The van der Waals surface area contributed by atoms with Gasteiger partial charge in [-0.2, -0.15) is 0 Å². The molecule has 20 heavy (non-hydrogen) atoms. The third kappa shape index (κ3) is 1.48. The van der Waals surface area contributed by atoms with E-state index < -0.39 is 0 Å². The smallest absolute Gasteiger partial charge is 0.156 e. The molecule has 4 heteroatoms. The van der Waals surface area contributed by atoms with E-state index in [4.69, 9.17) is 5.73 Å². The zero-order valence-corrected chi connectivity index (χ0v) is 10.7. The van der Waals surface area contributed by atoms with Crippen LogP contribution in [-0.4, -0.2) is 15.2 Å². The topological polar surface area (TPSA) is 67.6 Å². The predicted molar refractivity (Wildman–Crippen MR) is 81.2 cm³/mol. The third-order valence-electron chi connectivity index (χ3n) is 3.50. The van der Waals surface area contributed by atoms with Gasteiger partial charge in [-0.25, -0.2) is 0 Å². The van der Waals surface area contributed by atoms with Crippen molar-refractivity contribution in [2.24, 2.45) is 0 Å². The van der Waals surface area contributed by atoms with Crippen LogP contribution in [0, 0.1) is 0 Å². The number of rotatable bonds is 1. The summed E-state index contributed by atoms with van der Waals surface area (Å²) in [6.07, 6.45) is 0. The number of nitrogens with one attached hydrogen (secondary N) is 1. The summed E-state index contributed by atoms with van der Waals surface area (Å²) in [7, 11) is 0. The number of benzene rings is 2. The number of aromatic amines is 1. The predicted octanol–water partition coefficient (Wildman–Crippen LogP) is 3.36. The fourth-order valence-electron chi connectivity index (χ4n) is 2.59. The van der Waals surface area contributed by atoms with Gasteiger partial charge in [-0.15, -0.1) is 10.2 Å². The van der Waals surface area contributed by atoms with E-state index >= 15 is 0 Å². The lowest BCUT2D eigenvalue weighted by Crippen LogP contribution is -1.97. The first-order valence-electron chi connectivity index (χ1n) is 6.42. The van der Waals surface area contributed by atoms with Gasteiger partial charge in [-0.05, 0) is 11.6 Å². The number of fused-ring (bicyclic) bond motifs is 3. The van der Waals surface area contributed by atoms with Crippen LogP contribution in [0.1, 0.15) is 0 Å². The first kappa shape index (κ1) is 11.0. The van der Waals surface area contributed by atoms with Crippen molar-refractivity contribution in [2.45, 2.75) is 0 Å². The summed E-state index contributed by atoms with van der Waals surface area (Å²) < 4.78 is 0. The monoisotopic (exact) mass is 260 g/mol. The van der Waals surface area contributed by atoms with Crippen LogP contribution in [0.4, 0.5) is 5.82 Å². The van der Waals surface area contributed by atoms with Gasteiger partial charge in [-0.3, -0.25) is 0 Å². The average Bonchev–Trinajstić information content (AvgIpc) is 2.86. The maximum atomic E-state index is 6.05. The highest BCUT2D eigenvalue weighted by Crippen LogP contribution is 2.34. The minimum atomic E-state index is 0.440. The van der Waals surface area contributed by atoms with Gasteiger partial charge in [0, 0.05) is 10.9 Å². The van der Waals surface area contributed by atoms with Crippen molar-refractivity contribution in [3.8, 4) is 11.1 Å². The van der Waals surface area contributed by atoms with E-state index in [2.05, 4.69) is 15.2 Å². The Morgan fingerprint density at radius 1 is 0.850 bits per heavy atom. The van der Waals surface area contributed by atoms with Gasteiger partial charge in [0.05, 0.1) is 11.1 Å². The maximum Gasteiger partial charge on any atom is 0.156 e. The molecule has 4 nitrogen and oxygen atoms in total. The summed E-state index contributed by atoms with van der Waals surface area (Å²) in [5.41, 5.74) is 10.8. The molecule has 0 radical (unpaired) electrons. The standard InChI is InChI=1S/C16H12N4/c17-16-13(10-6-2-1-3-7-10)15-14(19-20-16)11-8-4-5-9-12(11)18-15/h1-9,18H,(H2,17,20). The lowest BCUT2D eigenvalue weighted by atomic mass is 10.1. The minimum absolute atomic E-state index is 0.440. The van der Waals surface area contributed by atoms with E-state index in [-0.39, 0.29) is 0 Å². The lowest BCUT2D eigenvalue weighted by molar-refractivity contribution is 1.09. The van der Waals surface area contributed by atoms with Crippen molar-refractivity contribution in [1.29, 1.82) is 0 Å². The van der Waals surface area contributed by atoms with Crippen molar-refractivity contribution >= 4 is 27.8 Å². The largest absolute Gasteiger partial charge is 0.382 e. The van der Waals surface area contributed by atoms with Crippen LogP contribution in [0.3, 0.4) is 0 Å². The number of nitrogens with zero attached hydrogens (tertiary/aromatic N) is 2. The Morgan fingerprint density at radius 2 is 1.60 bits per heavy atom. The van der Waals surface area contributed by atoms with E-state index in [1.165, 1.54) is 0 Å². The van der Waals surface area contributed by atoms with Crippen molar-refractivity contribution in [3.63, 3.8) is 0 Å². The van der Waals surface area contributed by atoms with Crippen molar-refractivity contribution < 1.29 is 0 Å². The fourth-order valence-corrected chi connectivity index (χ4v) is 2.59. The number of hydrogen-bond acceptors (Lipinski definition) is 3. The molecule has 0 spiro atoms. The van der Waals surface area contributed by atoms with Crippen molar-refractivity contribution in [2.75, 3.05) is 5.73 Å². The highest BCUT2D eigenvalue weighted by molar-refractivity contribution is 6.10. The van der Waals surface area contributed by atoms with Gasteiger partial charge in [0.1, 0.15) is 5.52 Å². The molecule has 2 aromatic heterocycles. The third-order valence-corrected chi connectivity index (χ3v) is 3.50. The number of hydrogen-bond donors (Lipinski definition) is 2. The van der Waals surface area contributed by atoms with Gasteiger partial charge in [-0.1, -0.05) is 48.5 Å². The van der Waals surface area contributed by atoms with Crippen LogP contribution in [-0.2, 0) is 0 Å². The summed E-state index contributed by atoms with van der Waals surface area (Å²) in [6, 6.07) is 18.1. The molecule has 0 saturated carbocycles. The van der Waals surface area contributed by atoms with Crippen LogP contribution < -0.4 is 5.73 Å². The first-order valence-corrected chi connectivity index (χ1v) is 6.42. The van der Waals surface area contributed by atoms with Gasteiger partial charge < -0.3 is 10.7 Å². The molecule has 4 aromatic rings. The van der Waals surface area contributed by atoms with Gasteiger partial charge in [0.2, 0.25) is 0 Å². The molecule has 0 atom stereocenters. The summed E-state index contributed by atoms with van der Waals surface area (Å²) in [4.78, 5) is 3.40. The molecular weight excluding hydrogens is 248 g/mol. The molecule has 0 saturated heterocycles. The molecule has 0 aliphatic carbocycles. The molecule has 0 amide bonds. The average molecular weight is 260 g/mol. The highest BCUT2D eigenvalue weighted by Gasteiger charge is 2.14. The Hall–Kier alpha value is -2.88. The number of para-hydroxylation sites is 1. The van der Waals surface area contributed by atoms with Crippen molar-refractivity contribution in [3.05, 3.63) is 54.6 Å². The molecule has 2 heterocycles. The first-order chi connectivity index (χ1) is 9.84. The zero-order chi connectivity index (χ0) is 13.5. The Morgan fingerprint density at radius 3 is 2.45 bits per heavy atom.